The van der Waals surface area contributed by atoms with E-state index < -0.39 is 6.10 Å². The molecule has 0 radical (unpaired) electrons. The van der Waals surface area contributed by atoms with Crippen LogP contribution in [0.4, 0.5) is 5.69 Å². The van der Waals surface area contributed by atoms with Gasteiger partial charge >= 0.3 is 0 Å². The summed E-state index contributed by atoms with van der Waals surface area (Å²) in [5, 5.41) is 14.8. The fourth-order valence-electron chi connectivity index (χ4n) is 3.49. The zero-order valence-electron chi connectivity index (χ0n) is 13.4. The van der Waals surface area contributed by atoms with Crippen LogP contribution in [-0.2, 0) is 4.79 Å². The van der Waals surface area contributed by atoms with Crippen molar-refractivity contribution < 1.29 is 19.1 Å². The summed E-state index contributed by atoms with van der Waals surface area (Å²) < 4.78 is 11.3. The Balaban J connectivity index is 1.74. The van der Waals surface area contributed by atoms with Gasteiger partial charge in [0.25, 0.3) is 0 Å². The van der Waals surface area contributed by atoms with E-state index in [4.69, 9.17) is 9.15 Å². The molecule has 4 rings (SSSR count). The van der Waals surface area contributed by atoms with E-state index in [1.807, 2.05) is 30.3 Å². The molecule has 24 heavy (non-hydrogen) atoms. The van der Waals surface area contributed by atoms with Crippen LogP contribution in [0.25, 0.3) is 21.9 Å². The van der Waals surface area contributed by atoms with Crippen molar-refractivity contribution in [3.05, 3.63) is 36.4 Å². The van der Waals surface area contributed by atoms with E-state index in [-0.39, 0.29) is 11.8 Å². The lowest BCUT2D eigenvalue weighted by molar-refractivity contribution is -0.122. The number of benzene rings is 2. The highest BCUT2D eigenvalue weighted by Gasteiger charge is 2.32. The highest BCUT2D eigenvalue weighted by molar-refractivity contribution is 6.07. The van der Waals surface area contributed by atoms with Gasteiger partial charge in [0.05, 0.1) is 24.8 Å². The Hall–Kier alpha value is -2.53. The molecular weight excluding hydrogens is 306 g/mol. The van der Waals surface area contributed by atoms with Gasteiger partial charge in [0.2, 0.25) is 5.91 Å². The zero-order chi connectivity index (χ0) is 16.7. The maximum Gasteiger partial charge on any atom is 0.230 e. The molecule has 3 aromatic rings. The molecule has 1 fully saturated rings. The zero-order valence-corrected chi connectivity index (χ0v) is 13.4. The van der Waals surface area contributed by atoms with Gasteiger partial charge in [-0.15, -0.1) is 0 Å². The molecule has 1 aromatic heterocycles. The maximum absolute atomic E-state index is 12.4. The van der Waals surface area contributed by atoms with E-state index in [1.54, 1.807) is 13.2 Å². The molecule has 124 valence electrons. The molecule has 5 nitrogen and oxygen atoms in total. The average molecular weight is 325 g/mol. The lowest BCUT2D eigenvalue weighted by atomic mass is 10.0. The number of amides is 1. The van der Waals surface area contributed by atoms with Gasteiger partial charge in [-0.25, -0.2) is 0 Å². The fraction of sp³-hybridized carbons (Fsp3) is 0.316. The lowest BCUT2D eigenvalue weighted by Crippen LogP contribution is -2.28. The second-order valence-corrected chi connectivity index (χ2v) is 6.24. The topological polar surface area (TPSA) is 71.7 Å². The minimum Gasteiger partial charge on any atom is -0.495 e. The number of carbonyl (C=O) groups excluding carboxylic acids is 1. The summed E-state index contributed by atoms with van der Waals surface area (Å²) in [7, 11) is 1.57. The molecule has 1 saturated carbocycles. The fourth-order valence-corrected chi connectivity index (χ4v) is 3.49. The molecule has 1 heterocycles. The molecule has 2 N–H and O–H groups in total. The summed E-state index contributed by atoms with van der Waals surface area (Å²) in [6, 6.07) is 11.4. The third kappa shape index (κ3) is 2.41. The van der Waals surface area contributed by atoms with Crippen molar-refractivity contribution in [2.24, 2.45) is 5.92 Å². The molecule has 0 bridgehead atoms. The van der Waals surface area contributed by atoms with Crippen molar-refractivity contribution in [2.75, 3.05) is 12.4 Å². The van der Waals surface area contributed by atoms with Gasteiger partial charge in [0.15, 0.2) is 0 Å². The van der Waals surface area contributed by atoms with E-state index >= 15 is 0 Å². The van der Waals surface area contributed by atoms with Crippen LogP contribution in [0.3, 0.4) is 0 Å². The predicted molar refractivity (Wildman–Crippen MR) is 92.2 cm³/mol. The number of fused-ring (bicyclic) bond motifs is 3. The first kappa shape index (κ1) is 15.0. The standard InChI is InChI=1S/C19H19NO4/c1-23-18-9-13-11-5-2-3-8-16(11)24-17(13)10-14(18)20-19(22)12-6-4-7-15(12)21/h2-3,5,8-10,12,15,21H,4,6-7H2,1H3,(H,20,22). The number of aliphatic hydroxyl groups excluding tert-OH is 1. The molecule has 0 spiro atoms. The molecular formula is C19H19NO4. The van der Waals surface area contributed by atoms with E-state index in [9.17, 15) is 9.90 Å². The van der Waals surface area contributed by atoms with Gasteiger partial charge in [-0.05, 0) is 31.4 Å². The molecule has 2 unspecified atom stereocenters. The van der Waals surface area contributed by atoms with Crippen LogP contribution in [-0.4, -0.2) is 24.2 Å². The third-order valence-corrected chi connectivity index (χ3v) is 4.77. The third-order valence-electron chi connectivity index (χ3n) is 4.77. The van der Waals surface area contributed by atoms with Gasteiger partial charge in [-0.2, -0.15) is 0 Å². The second-order valence-electron chi connectivity index (χ2n) is 6.24. The molecule has 2 aromatic carbocycles. The molecule has 5 heteroatoms. The minimum atomic E-state index is -0.564. The first-order chi connectivity index (χ1) is 11.7. The SMILES string of the molecule is COc1cc2c(cc1NC(=O)C1CCCC1O)oc1ccccc12. The van der Waals surface area contributed by atoms with Crippen LogP contribution >= 0.6 is 0 Å². The number of hydrogen-bond acceptors (Lipinski definition) is 4. The number of anilines is 1. The Morgan fingerprint density at radius 3 is 2.79 bits per heavy atom. The first-order valence-corrected chi connectivity index (χ1v) is 8.15. The summed E-state index contributed by atoms with van der Waals surface area (Å²) in [4.78, 5) is 12.4. The molecule has 2 atom stereocenters. The maximum atomic E-state index is 12.4. The second kappa shape index (κ2) is 5.83. The first-order valence-electron chi connectivity index (χ1n) is 8.15. The number of hydrogen-bond donors (Lipinski definition) is 2. The lowest BCUT2D eigenvalue weighted by Gasteiger charge is -2.16. The molecule has 0 saturated heterocycles. The highest BCUT2D eigenvalue weighted by atomic mass is 16.5. The van der Waals surface area contributed by atoms with Crippen LogP contribution in [0.5, 0.6) is 5.75 Å². The van der Waals surface area contributed by atoms with E-state index in [1.165, 1.54) is 0 Å². The quantitative estimate of drug-likeness (QED) is 0.770. The normalized spacial score (nSPS) is 20.6. The van der Waals surface area contributed by atoms with Gasteiger partial charge in [-0.1, -0.05) is 18.2 Å². The van der Waals surface area contributed by atoms with Gasteiger partial charge in [-0.3, -0.25) is 4.79 Å². The minimum absolute atomic E-state index is 0.172. The number of ether oxygens (including phenoxy) is 1. The highest BCUT2D eigenvalue weighted by Crippen LogP contribution is 2.37. The number of methoxy groups -OCH3 is 1. The number of para-hydroxylation sites is 1. The molecule has 0 aliphatic heterocycles. The Labute approximate surface area is 139 Å². The van der Waals surface area contributed by atoms with Crippen LogP contribution in [0.2, 0.25) is 0 Å². The smallest absolute Gasteiger partial charge is 0.230 e. The Kier molecular flexibility index (Phi) is 3.65. The summed E-state index contributed by atoms with van der Waals surface area (Å²) in [6.45, 7) is 0. The van der Waals surface area contributed by atoms with Crippen molar-refractivity contribution in [1.29, 1.82) is 0 Å². The van der Waals surface area contributed by atoms with Crippen LogP contribution in [0.1, 0.15) is 19.3 Å². The van der Waals surface area contributed by atoms with Crippen LogP contribution in [0.15, 0.2) is 40.8 Å². The number of furan rings is 1. The summed E-state index contributed by atoms with van der Waals surface area (Å²) in [6.07, 6.45) is 1.70. The Morgan fingerprint density at radius 1 is 1.21 bits per heavy atom. The van der Waals surface area contributed by atoms with Gasteiger partial charge in [0, 0.05) is 16.8 Å². The Bertz CT molecular complexity index is 914. The average Bonchev–Trinajstić information content (AvgIpc) is 3.17. The molecule has 1 aliphatic rings. The van der Waals surface area contributed by atoms with Crippen molar-refractivity contribution in [3.8, 4) is 5.75 Å². The van der Waals surface area contributed by atoms with Crippen molar-refractivity contribution in [2.45, 2.75) is 25.4 Å². The van der Waals surface area contributed by atoms with Crippen molar-refractivity contribution >= 4 is 33.5 Å². The summed E-state index contributed by atoms with van der Waals surface area (Å²) >= 11 is 0. The van der Waals surface area contributed by atoms with Crippen molar-refractivity contribution in [3.63, 3.8) is 0 Å². The number of aliphatic hydroxyl groups is 1. The largest absolute Gasteiger partial charge is 0.495 e. The van der Waals surface area contributed by atoms with Gasteiger partial charge < -0.3 is 19.6 Å². The number of carbonyl (C=O) groups is 1. The van der Waals surface area contributed by atoms with Crippen molar-refractivity contribution in [1.82, 2.24) is 0 Å². The van der Waals surface area contributed by atoms with E-state index in [0.717, 1.165) is 22.8 Å². The Morgan fingerprint density at radius 2 is 2.04 bits per heavy atom. The predicted octanol–water partition coefficient (Wildman–Crippen LogP) is 3.69. The molecule has 1 amide bonds. The van der Waals surface area contributed by atoms with Crippen LogP contribution in [0, 0.1) is 5.92 Å². The van der Waals surface area contributed by atoms with E-state index in [2.05, 4.69) is 5.32 Å². The van der Waals surface area contributed by atoms with Crippen LogP contribution < -0.4 is 10.1 Å². The summed E-state index contributed by atoms with van der Waals surface area (Å²) in [5.41, 5.74) is 2.05. The monoisotopic (exact) mass is 325 g/mol. The number of nitrogens with one attached hydrogen (secondary N) is 1. The number of rotatable bonds is 3. The van der Waals surface area contributed by atoms with Gasteiger partial charge in [0.1, 0.15) is 16.9 Å². The van der Waals surface area contributed by atoms with E-state index in [0.29, 0.717) is 29.9 Å². The summed E-state index contributed by atoms with van der Waals surface area (Å²) in [5.74, 6) is 0.0460. The molecule has 1 aliphatic carbocycles.